The summed E-state index contributed by atoms with van der Waals surface area (Å²) in [4.78, 5) is 5.13. The SMILES string of the molecule is Cl.Clc1cc(CN2CCN(C3CCNC3)CC2)cc2c1OCCO2. The van der Waals surface area contributed by atoms with Gasteiger partial charge in [-0.25, -0.2) is 0 Å². The molecule has 0 aromatic heterocycles. The van der Waals surface area contributed by atoms with E-state index in [0.717, 1.165) is 51.1 Å². The summed E-state index contributed by atoms with van der Waals surface area (Å²) >= 11 is 6.34. The molecule has 0 radical (unpaired) electrons. The van der Waals surface area contributed by atoms with Gasteiger partial charge in [-0.15, -0.1) is 12.4 Å². The highest BCUT2D eigenvalue weighted by Crippen LogP contribution is 2.38. The summed E-state index contributed by atoms with van der Waals surface area (Å²) in [5, 5.41) is 4.12. The van der Waals surface area contributed by atoms with Gasteiger partial charge in [-0.3, -0.25) is 9.80 Å². The number of ether oxygens (including phenoxy) is 2. The van der Waals surface area contributed by atoms with Crippen molar-refractivity contribution in [1.82, 2.24) is 15.1 Å². The largest absolute Gasteiger partial charge is 0.486 e. The summed E-state index contributed by atoms with van der Waals surface area (Å²) in [6.07, 6.45) is 1.29. The Hall–Kier alpha value is -0.720. The standard InChI is InChI=1S/C17H24ClN3O2.ClH/c18-15-9-13(10-16-17(15)23-8-7-22-16)12-20-3-5-21(6-4-20)14-1-2-19-11-14;/h9-10,14,19H,1-8,11-12H2;1H. The third kappa shape index (κ3) is 3.92. The molecule has 0 saturated carbocycles. The molecule has 3 aliphatic rings. The van der Waals surface area contributed by atoms with E-state index < -0.39 is 0 Å². The van der Waals surface area contributed by atoms with Crippen molar-refractivity contribution in [3.63, 3.8) is 0 Å². The molecule has 3 heterocycles. The lowest BCUT2D eigenvalue weighted by molar-refractivity contribution is 0.0979. The Morgan fingerprint density at radius 2 is 1.92 bits per heavy atom. The molecule has 7 heteroatoms. The molecule has 0 spiro atoms. The molecule has 24 heavy (non-hydrogen) atoms. The van der Waals surface area contributed by atoms with E-state index in [9.17, 15) is 0 Å². The number of hydrogen-bond acceptors (Lipinski definition) is 5. The van der Waals surface area contributed by atoms with E-state index >= 15 is 0 Å². The van der Waals surface area contributed by atoms with E-state index in [1.807, 2.05) is 6.07 Å². The van der Waals surface area contributed by atoms with E-state index in [-0.39, 0.29) is 12.4 Å². The predicted octanol–water partition coefficient (Wildman–Crippen LogP) is 2.01. The molecule has 5 nitrogen and oxygen atoms in total. The summed E-state index contributed by atoms with van der Waals surface area (Å²) in [5.41, 5.74) is 1.20. The van der Waals surface area contributed by atoms with Crippen LogP contribution in [0.3, 0.4) is 0 Å². The van der Waals surface area contributed by atoms with E-state index in [0.29, 0.717) is 24.0 Å². The molecule has 2 saturated heterocycles. The number of hydrogen-bond donors (Lipinski definition) is 1. The Morgan fingerprint density at radius 1 is 1.12 bits per heavy atom. The lowest BCUT2D eigenvalue weighted by atomic mass is 10.1. The van der Waals surface area contributed by atoms with Gasteiger partial charge < -0.3 is 14.8 Å². The van der Waals surface area contributed by atoms with Crippen molar-refractivity contribution in [1.29, 1.82) is 0 Å². The fourth-order valence-electron chi connectivity index (χ4n) is 3.75. The average molecular weight is 374 g/mol. The summed E-state index contributed by atoms with van der Waals surface area (Å²) in [5.74, 6) is 1.48. The highest BCUT2D eigenvalue weighted by Gasteiger charge is 2.26. The number of fused-ring (bicyclic) bond motifs is 1. The van der Waals surface area contributed by atoms with Crippen molar-refractivity contribution in [3.05, 3.63) is 22.7 Å². The maximum atomic E-state index is 6.34. The first-order chi connectivity index (χ1) is 11.3. The molecule has 4 rings (SSSR count). The highest BCUT2D eigenvalue weighted by atomic mass is 35.5. The second kappa shape index (κ2) is 8.11. The number of piperazine rings is 1. The monoisotopic (exact) mass is 373 g/mol. The van der Waals surface area contributed by atoms with Crippen molar-refractivity contribution in [3.8, 4) is 11.5 Å². The Labute approximate surface area is 154 Å². The lowest BCUT2D eigenvalue weighted by Crippen LogP contribution is -2.50. The van der Waals surface area contributed by atoms with Crippen LogP contribution in [0.2, 0.25) is 5.02 Å². The fraction of sp³-hybridized carbons (Fsp3) is 0.647. The number of nitrogens with one attached hydrogen (secondary N) is 1. The zero-order valence-electron chi connectivity index (χ0n) is 13.8. The quantitative estimate of drug-likeness (QED) is 0.876. The van der Waals surface area contributed by atoms with Gasteiger partial charge in [-0.05, 0) is 30.7 Å². The second-order valence-corrected chi connectivity index (χ2v) is 6.97. The minimum absolute atomic E-state index is 0. The first-order valence-electron chi connectivity index (χ1n) is 8.55. The summed E-state index contributed by atoms with van der Waals surface area (Å²) in [6.45, 7) is 8.96. The normalized spacial score (nSPS) is 24.6. The third-order valence-corrected chi connectivity index (χ3v) is 5.30. The van der Waals surface area contributed by atoms with Gasteiger partial charge in [0, 0.05) is 45.3 Å². The molecule has 0 amide bonds. The second-order valence-electron chi connectivity index (χ2n) is 6.56. The van der Waals surface area contributed by atoms with Crippen molar-refractivity contribution in [2.75, 3.05) is 52.5 Å². The number of benzene rings is 1. The van der Waals surface area contributed by atoms with Gasteiger partial charge in [-0.1, -0.05) is 11.6 Å². The van der Waals surface area contributed by atoms with Crippen LogP contribution in [0.5, 0.6) is 11.5 Å². The van der Waals surface area contributed by atoms with Gasteiger partial charge in [0.2, 0.25) is 0 Å². The zero-order chi connectivity index (χ0) is 15.6. The van der Waals surface area contributed by atoms with Gasteiger partial charge in [0.15, 0.2) is 11.5 Å². The van der Waals surface area contributed by atoms with Gasteiger partial charge in [0.1, 0.15) is 13.2 Å². The molecular formula is C17H25Cl2N3O2. The van der Waals surface area contributed by atoms with Gasteiger partial charge in [-0.2, -0.15) is 0 Å². The molecule has 1 atom stereocenters. The zero-order valence-corrected chi connectivity index (χ0v) is 15.4. The Bertz CT molecular complexity index is 559. The molecule has 3 aliphatic heterocycles. The van der Waals surface area contributed by atoms with E-state index in [1.165, 1.54) is 18.5 Å². The number of halogens is 2. The van der Waals surface area contributed by atoms with Crippen molar-refractivity contribution in [2.45, 2.75) is 19.0 Å². The number of rotatable bonds is 3. The minimum Gasteiger partial charge on any atom is -0.486 e. The maximum absolute atomic E-state index is 6.34. The van der Waals surface area contributed by atoms with Crippen LogP contribution in [0.1, 0.15) is 12.0 Å². The summed E-state index contributed by atoms with van der Waals surface area (Å²) in [6, 6.07) is 4.83. The van der Waals surface area contributed by atoms with Gasteiger partial charge in [0.05, 0.1) is 5.02 Å². The Balaban J connectivity index is 0.00000169. The van der Waals surface area contributed by atoms with E-state index in [1.54, 1.807) is 0 Å². The average Bonchev–Trinajstić information content (AvgIpc) is 3.10. The van der Waals surface area contributed by atoms with Crippen molar-refractivity contribution >= 4 is 24.0 Å². The van der Waals surface area contributed by atoms with Crippen LogP contribution in [0.25, 0.3) is 0 Å². The molecule has 1 aromatic carbocycles. The van der Waals surface area contributed by atoms with E-state index in [2.05, 4.69) is 21.2 Å². The molecule has 1 N–H and O–H groups in total. The Morgan fingerprint density at radius 3 is 2.67 bits per heavy atom. The van der Waals surface area contributed by atoms with Crippen LogP contribution in [-0.4, -0.2) is 68.3 Å². The van der Waals surface area contributed by atoms with E-state index in [4.69, 9.17) is 21.1 Å². The molecule has 2 fully saturated rings. The maximum Gasteiger partial charge on any atom is 0.179 e. The molecular weight excluding hydrogens is 349 g/mol. The van der Waals surface area contributed by atoms with Crippen LogP contribution < -0.4 is 14.8 Å². The first-order valence-corrected chi connectivity index (χ1v) is 8.92. The van der Waals surface area contributed by atoms with Crippen LogP contribution in [-0.2, 0) is 6.54 Å². The molecule has 1 unspecified atom stereocenters. The minimum atomic E-state index is 0. The Kier molecular flexibility index (Phi) is 6.11. The van der Waals surface area contributed by atoms with Crippen LogP contribution >= 0.6 is 24.0 Å². The fourth-order valence-corrected chi connectivity index (χ4v) is 4.04. The number of nitrogens with zero attached hydrogens (tertiary/aromatic N) is 2. The smallest absolute Gasteiger partial charge is 0.179 e. The summed E-state index contributed by atoms with van der Waals surface area (Å²) in [7, 11) is 0. The van der Waals surface area contributed by atoms with Crippen molar-refractivity contribution < 1.29 is 9.47 Å². The predicted molar refractivity (Wildman–Crippen MR) is 97.8 cm³/mol. The molecule has 1 aromatic rings. The van der Waals surface area contributed by atoms with Crippen LogP contribution in [0.15, 0.2) is 12.1 Å². The van der Waals surface area contributed by atoms with Crippen LogP contribution in [0, 0.1) is 0 Å². The highest BCUT2D eigenvalue weighted by molar-refractivity contribution is 6.32. The molecule has 134 valence electrons. The molecule has 0 aliphatic carbocycles. The van der Waals surface area contributed by atoms with Crippen molar-refractivity contribution in [2.24, 2.45) is 0 Å². The summed E-state index contributed by atoms with van der Waals surface area (Å²) < 4.78 is 11.3. The van der Waals surface area contributed by atoms with Crippen LogP contribution in [0.4, 0.5) is 0 Å². The topological polar surface area (TPSA) is 37.0 Å². The van der Waals surface area contributed by atoms with Gasteiger partial charge in [0.25, 0.3) is 0 Å². The lowest BCUT2D eigenvalue weighted by Gasteiger charge is -2.37. The van der Waals surface area contributed by atoms with Gasteiger partial charge >= 0.3 is 0 Å². The first kappa shape index (κ1) is 18.1. The third-order valence-electron chi connectivity index (χ3n) is 5.02. The molecule has 0 bridgehead atoms.